The molecule has 0 unspecified atom stereocenters. The molecule has 0 aliphatic heterocycles. The second-order valence-electron chi connectivity index (χ2n) is 4.12. The van der Waals surface area contributed by atoms with Crippen LogP contribution >= 0.6 is 15.9 Å². The summed E-state index contributed by atoms with van der Waals surface area (Å²) in [7, 11) is 1.86. The highest BCUT2D eigenvalue weighted by Gasteiger charge is 2.27. The first-order valence-corrected chi connectivity index (χ1v) is 6.37. The number of halogens is 1. The molecule has 0 amide bonds. The van der Waals surface area contributed by atoms with Crippen LogP contribution in [0.3, 0.4) is 0 Å². The molecule has 1 fully saturated rings. The average Bonchev–Trinajstić information content (AvgIpc) is 3.11. The lowest BCUT2D eigenvalue weighted by Crippen LogP contribution is -2.00. The van der Waals surface area contributed by atoms with Crippen molar-refractivity contribution in [3.8, 4) is 11.5 Å². The topological polar surface area (TPSA) is 51.0 Å². The smallest absolute Gasteiger partial charge is 0.166 e. The molecule has 0 atom stereocenters. The fraction of sp³-hybridized carbons (Fsp3) is 0.333. The van der Waals surface area contributed by atoms with Crippen molar-refractivity contribution < 1.29 is 4.42 Å². The van der Waals surface area contributed by atoms with Gasteiger partial charge in [0.1, 0.15) is 17.3 Å². The van der Waals surface area contributed by atoms with E-state index in [1.54, 1.807) is 6.26 Å². The summed E-state index contributed by atoms with van der Waals surface area (Å²) in [5, 5.41) is 3.06. The van der Waals surface area contributed by atoms with Crippen LogP contribution in [0.25, 0.3) is 11.5 Å². The van der Waals surface area contributed by atoms with Gasteiger partial charge >= 0.3 is 0 Å². The van der Waals surface area contributed by atoms with E-state index in [-0.39, 0.29) is 0 Å². The van der Waals surface area contributed by atoms with E-state index in [1.807, 2.05) is 19.2 Å². The fourth-order valence-corrected chi connectivity index (χ4v) is 2.12. The first-order chi connectivity index (χ1) is 8.28. The molecule has 1 aliphatic rings. The largest absolute Gasteiger partial charge is 0.461 e. The second-order valence-corrected chi connectivity index (χ2v) is 4.97. The van der Waals surface area contributed by atoms with Gasteiger partial charge in [-0.3, -0.25) is 0 Å². The maximum atomic E-state index is 5.44. The Hall–Kier alpha value is -1.36. The molecule has 2 heterocycles. The number of nitrogens with zero attached hydrogens (tertiary/aromatic N) is 2. The van der Waals surface area contributed by atoms with Gasteiger partial charge in [-0.1, -0.05) is 0 Å². The molecule has 88 valence electrons. The first-order valence-electron chi connectivity index (χ1n) is 5.58. The van der Waals surface area contributed by atoms with E-state index in [4.69, 9.17) is 4.42 Å². The molecular weight excluding hydrogens is 282 g/mol. The molecule has 3 rings (SSSR count). The van der Waals surface area contributed by atoms with Crippen molar-refractivity contribution >= 4 is 21.7 Å². The zero-order valence-corrected chi connectivity index (χ0v) is 11.0. The van der Waals surface area contributed by atoms with Crippen LogP contribution in [0, 0.1) is 0 Å². The highest BCUT2D eigenvalue weighted by molar-refractivity contribution is 9.10. The summed E-state index contributed by atoms with van der Waals surface area (Å²) in [4.78, 5) is 9.05. The predicted octanol–water partition coefficient (Wildman–Crippen LogP) is 3.42. The van der Waals surface area contributed by atoms with Gasteiger partial charge in [-0.2, -0.15) is 0 Å². The molecule has 1 N–H and O–H groups in total. The predicted molar refractivity (Wildman–Crippen MR) is 69.0 cm³/mol. The van der Waals surface area contributed by atoms with Crippen LogP contribution in [-0.4, -0.2) is 17.0 Å². The van der Waals surface area contributed by atoms with Crippen LogP contribution in [0.4, 0.5) is 5.82 Å². The van der Waals surface area contributed by atoms with Crippen LogP contribution in [0.5, 0.6) is 0 Å². The van der Waals surface area contributed by atoms with Crippen molar-refractivity contribution in [1.82, 2.24) is 9.97 Å². The SMILES string of the molecule is CNc1cc(-c2occc2Br)nc(C2CC2)n1. The van der Waals surface area contributed by atoms with Crippen molar-refractivity contribution in [3.05, 3.63) is 28.7 Å². The molecule has 0 spiro atoms. The van der Waals surface area contributed by atoms with Crippen molar-refractivity contribution in [2.75, 3.05) is 12.4 Å². The Morgan fingerprint density at radius 1 is 1.41 bits per heavy atom. The summed E-state index contributed by atoms with van der Waals surface area (Å²) in [6, 6.07) is 3.77. The zero-order chi connectivity index (χ0) is 11.8. The van der Waals surface area contributed by atoms with Crippen LogP contribution in [0.2, 0.25) is 0 Å². The number of rotatable bonds is 3. The third-order valence-electron chi connectivity index (χ3n) is 2.79. The normalized spacial score (nSPS) is 14.9. The molecule has 0 bridgehead atoms. The summed E-state index contributed by atoms with van der Waals surface area (Å²) in [6.07, 6.45) is 4.02. The van der Waals surface area contributed by atoms with Crippen LogP contribution in [-0.2, 0) is 0 Å². The van der Waals surface area contributed by atoms with Gasteiger partial charge < -0.3 is 9.73 Å². The molecule has 17 heavy (non-hydrogen) atoms. The Kier molecular flexibility index (Phi) is 2.63. The molecule has 0 radical (unpaired) electrons. The van der Waals surface area contributed by atoms with E-state index in [0.717, 1.165) is 27.6 Å². The van der Waals surface area contributed by atoms with Gasteiger partial charge in [-0.25, -0.2) is 9.97 Å². The Morgan fingerprint density at radius 3 is 2.82 bits per heavy atom. The van der Waals surface area contributed by atoms with E-state index in [9.17, 15) is 0 Å². The minimum Gasteiger partial charge on any atom is -0.461 e. The molecule has 5 heteroatoms. The van der Waals surface area contributed by atoms with E-state index >= 15 is 0 Å². The minimum atomic E-state index is 0.524. The van der Waals surface area contributed by atoms with E-state index in [2.05, 4.69) is 31.2 Å². The van der Waals surface area contributed by atoms with E-state index < -0.39 is 0 Å². The number of furan rings is 1. The van der Waals surface area contributed by atoms with Crippen molar-refractivity contribution in [2.45, 2.75) is 18.8 Å². The molecular formula is C12H12BrN3O. The Labute approximate surface area is 108 Å². The van der Waals surface area contributed by atoms with Gasteiger partial charge in [0.05, 0.1) is 10.7 Å². The van der Waals surface area contributed by atoms with Gasteiger partial charge in [0.15, 0.2) is 5.76 Å². The second kappa shape index (κ2) is 4.14. The molecule has 1 saturated carbocycles. The quantitative estimate of drug-likeness (QED) is 0.942. The lowest BCUT2D eigenvalue weighted by molar-refractivity contribution is 0.578. The van der Waals surface area contributed by atoms with Crippen molar-refractivity contribution in [1.29, 1.82) is 0 Å². The summed E-state index contributed by atoms with van der Waals surface area (Å²) in [5.74, 6) is 3.02. The van der Waals surface area contributed by atoms with Gasteiger partial charge in [0.25, 0.3) is 0 Å². The molecule has 2 aromatic heterocycles. The number of hydrogen-bond acceptors (Lipinski definition) is 4. The number of hydrogen-bond donors (Lipinski definition) is 1. The maximum Gasteiger partial charge on any atom is 0.166 e. The Morgan fingerprint density at radius 2 is 2.24 bits per heavy atom. The monoisotopic (exact) mass is 293 g/mol. The third-order valence-corrected chi connectivity index (χ3v) is 3.42. The fourth-order valence-electron chi connectivity index (χ4n) is 1.71. The zero-order valence-electron chi connectivity index (χ0n) is 9.40. The van der Waals surface area contributed by atoms with Crippen LogP contribution in [0.1, 0.15) is 24.6 Å². The van der Waals surface area contributed by atoms with Gasteiger partial charge in [0, 0.05) is 19.0 Å². The van der Waals surface area contributed by atoms with Gasteiger partial charge in [-0.05, 0) is 34.8 Å². The lowest BCUT2D eigenvalue weighted by Gasteiger charge is -2.05. The van der Waals surface area contributed by atoms with Crippen molar-refractivity contribution in [2.24, 2.45) is 0 Å². The van der Waals surface area contributed by atoms with E-state index in [1.165, 1.54) is 12.8 Å². The van der Waals surface area contributed by atoms with Gasteiger partial charge in [-0.15, -0.1) is 0 Å². The molecule has 0 saturated heterocycles. The minimum absolute atomic E-state index is 0.524. The molecule has 0 aromatic carbocycles. The summed E-state index contributed by atoms with van der Waals surface area (Å²) < 4.78 is 6.36. The average molecular weight is 294 g/mol. The van der Waals surface area contributed by atoms with E-state index in [0.29, 0.717) is 5.92 Å². The van der Waals surface area contributed by atoms with Gasteiger partial charge in [0.2, 0.25) is 0 Å². The van der Waals surface area contributed by atoms with Crippen LogP contribution < -0.4 is 5.32 Å². The number of nitrogens with one attached hydrogen (secondary N) is 1. The number of anilines is 1. The third kappa shape index (κ3) is 2.07. The lowest BCUT2D eigenvalue weighted by atomic mass is 10.3. The number of aromatic nitrogens is 2. The highest BCUT2D eigenvalue weighted by Crippen LogP contribution is 2.39. The highest BCUT2D eigenvalue weighted by atomic mass is 79.9. The first kappa shape index (κ1) is 10.8. The standard InChI is InChI=1S/C12H12BrN3O/c1-14-10-6-9(11-8(13)4-5-17-11)15-12(16-10)7-2-3-7/h4-7H,2-3H2,1H3,(H,14,15,16). The Bertz CT molecular complexity index is 548. The molecule has 1 aliphatic carbocycles. The summed E-state index contributed by atoms with van der Waals surface area (Å²) in [5.41, 5.74) is 0.822. The summed E-state index contributed by atoms with van der Waals surface area (Å²) in [6.45, 7) is 0. The summed E-state index contributed by atoms with van der Waals surface area (Å²) >= 11 is 3.45. The maximum absolute atomic E-state index is 5.44. The molecule has 4 nitrogen and oxygen atoms in total. The van der Waals surface area contributed by atoms with Crippen LogP contribution in [0.15, 0.2) is 27.3 Å². The molecule has 2 aromatic rings. The Balaban J connectivity index is 2.09. The van der Waals surface area contributed by atoms with Crippen molar-refractivity contribution in [3.63, 3.8) is 0 Å².